The zero-order valence-electron chi connectivity index (χ0n) is 25.5. The normalized spacial score (nSPS) is 23.1. The second-order valence-corrected chi connectivity index (χ2v) is 13.8. The smallest absolute Gasteiger partial charge is 0.416 e. The molecule has 2 aromatic carbocycles. The highest BCUT2D eigenvalue weighted by Gasteiger charge is 2.60. The molecule has 11 heteroatoms. The van der Waals surface area contributed by atoms with Crippen molar-refractivity contribution in [1.82, 2.24) is 9.88 Å². The molecular weight excluding hydrogens is 592 g/mol. The quantitative estimate of drug-likeness (QED) is 0.297. The molecule has 1 aliphatic heterocycles. The van der Waals surface area contributed by atoms with Crippen LogP contribution in [0.4, 0.5) is 22.4 Å². The third-order valence-corrected chi connectivity index (χ3v) is 8.95. The van der Waals surface area contributed by atoms with Gasteiger partial charge in [-0.15, -0.1) is 0 Å². The van der Waals surface area contributed by atoms with Crippen molar-refractivity contribution in [3.63, 3.8) is 0 Å². The summed E-state index contributed by atoms with van der Waals surface area (Å²) in [6.45, 7) is 8.37. The largest absolute Gasteiger partial charge is 0.481 e. The number of ether oxygens (including phenoxy) is 2. The minimum absolute atomic E-state index is 0.00910. The number of aliphatic carboxylic acids is 1. The highest BCUT2D eigenvalue weighted by molar-refractivity contribution is 5.77. The number of halogens is 4. The number of aromatic nitrogens is 1. The van der Waals surface area contributed by atoms with Gasteiger partial charge in [-0.25, -0.2) is 14.2 Å². The van der Waals surface area contributed by atoms with E-state index in [2.05, 4.69) is 4.98 Å². The molecule has 6 rings (SSSR count). The zero-order valence-corrected chi connectivity index (χ0v) is 25.5. The van der Waals surface area contributed by atoms with Crippen LogP contribution >= 0.6 is 0 Å². The molecule has 4 atom stereocenters. The second-order valence-electron chi connectivity index (χ2n) is 13.8. The number of alkyl halides is 3. The summed E-state index contributed by atoms with van der Waals surface area (Å²) in [4.78, 5) is 30.6. The SMILES string of the molecule is CC(C)(C)OC(=O)N1CC(C)(C)c2cc(F)c(COc3cc4c(cn3)C3C(C4)C3C(=O)O)cc2[C@@H]1c1ccccc1C(F)(F)F. The molecule has 0 radical (unpaired) electrons. The standard InChI is InChI=1S/C34H34F4N2O5/c1-32(2,3)45-31(43)40-16-33(4,5)24-13-25(35)18(11-20(24)29(40)19-8-6-7-9-23(19)34(36,37)38)15-44-26-12-17-10-21-27(22(17)14-39-26)28(21)30(41)42/h6-9,11-14,21,27-29H,10,15-16H2,1-5H3,(H,41,42)/t21?,27?,28?,29-/m0/s1. The summed E-state index contributed by atoms with van der Waals surface area (Å²) in [5.41, 5.74) is -0.0503. The number of nitrogens with zero attached hydrogens (tertiary/aromatic N) is 2. The Balaban J connectivity index is 1.38. The van der Waals surface area contributed by atoms with Crippen LogP contribution in [-0.4, -0.2) is 39.2 Å². The van der Waals surface area contributed by atoms with Gasteiger partial charge in [0.1, 0.15) is 18.0 Å². The first-order chi connectivity index (χ1) is 21.0. The Bertz CT molecular complexity index is 1700. The van der Waals surface area contributed by atoms with Crippen molar-refractivity contribution in [2.24, 2.45) is 11.8 Å². The summed E-state index contributed by atoms with van der Waals surface area (Å²) in [6.07, 6.45) is -3.29. The fraction of sp³-hybridized carbons (Fsp3) is 0.441. The number of rotatable bonds is 5. The van der Waals surface area contributed by atoms with E-state index in [1.54, 1.807) is 46.9 Å². The highest BCUT2D eigenvalue weighted by Crippen LogP contribution is 2.61. The number of hydrogen-bond acceptors (Lipinski definition) is 5. The van der Waals surface area contributed by atoms with E-state index in [1.165, 1.54) is 35.2 Å². The van der Waals surface area contributed by atoms with Crippen LogP contribution in [-0.2, 0) is 34.2 Å². The van der Waals surface area contributed by atoms with E-state index >= 15 is 4.39 Å². The summed E-state index contributed by atoms with van der Waals surface area (Å²) in [6, 6.07) is 8.38. The molecule has 3 aliphatic rings. The molecule has 2 heterocycles. The lowest BCUT2D eigenvalue weighted by atomic mass is 9.73. The van der Waals surface area contributed by atoms with Gasteiger partial charge in [0, 0.05) is 35.7 Å². The predicted octanol–water partition coefficient (Wildman–Crippen LogP) is 7.41. The van der Waals surface area contributed by atoms with Crippen LogP contribution in [0.1, 0.15) is 85.5 Å². The minimum atomic E-state index is -4.71. The molecule has 3 aromatic rings. The Kier molecular flexibility index (Phi) is 7.17. The van der Waals surface area contributed by atoms with E-state index in [-0.39, 0.29) is 42.0 Å². The van der Waals surface area contributed by atoms with E-state index < -0.39 is 52.6 Å². The molecule has 1 aromatic heterocycles. The third-order valence-electron chi connectivity index (χ3n) is 8.95. The molecule has 2 aliphatic carbocycles. The molecule has 7 nitrogen and oxygen atoms in total. The van der Waals surface area contributed by atoms with Crippen molar-refractivity contribution in [2.45, 2.75) is 76.8 Å². The molecule has 0 saturated heterocycles. The first-order valence-electron chi connectivity index (χ1n) is 14.8. The van der Waals surface area contributed by atoms with Crippen LogP contribution in [0.15, 0.2) is 48.7 Å². The first kappa shape index (κ1) is 30.9. The Morgan fingerprint density at radius 3 is 2.44 bits per heavy atom. The maximum Gasteiger partial charge on any atom is 0.416 e. The average Bonchev–Trinajstić information content (AvgIpc) is 3.53. The van der Waals surface area contributed by atoms with Crippen LogP contribution < -0.4 is 4.74 Å². The van der Waals surface area contributed by atoms with Crippen molar-refractivity contribution in [1.29, 1.82) is 0 Å². The molecule has 0 bridgehead atoms. The molecule has 3 unspecified atom stereocenters. The van der Waals surface area contributed by atoms with Gasteiger partial charge in [0.15, 0.2) is 0 Å². The van der Waals surface area contributed by atoms with Gasteiger partial charge in [0.25, 0.3) is 0 Å². The van der Waals surface area contributed by atoms with E-state index in [0.29, 0.717) is 17.5 Å². The molecule has 1 amide bonds. The van der Waals surface area contributed by atoms with Crippen molar-refractivity contribution < 1.29 is 41.7 Å². The third kappa shape index (κ3) is 5.61. The Labute approximate surface area is 258 Å². The summed E-state index contributed by atoms with van der Waals surface area (Å²) in [7, 11) is 0. The topological polar surface area (TPSA) is 89.0 Å². The summed E-state index contributed by atoms with van der Waals surface area (Å²) < 4.78 is 70.1. The highest BCUT2D eigenvalue weighted by atomic mass is 19.4. The van der Waals surface area contributed by atoms with Crippen molar-refractivity contribution in [3.8, 4) is 5.88 Å². The number of carbonyl (C=O) groups is 2. The van der Waals surface area contributed by atoms with Crippen molar-refractivity contribution >= 4 is 12.1 Å². The molecule has 0 spiro atoms. The molecular formula is C34H34F4N2O5. The molecule has 1 fully saturated rings. The summed E-state index contributed by atoms with van der Waals surface area (Å²) in [5, 5.41) is 9.37. The van der Waals surface area contributed by atoms with Gasteiger partial charge in [-0.1, -0.05) is 32.0 Å². The number of amides is 1. The van der Waals surface area contributed by atoms with Gasteiger partial charge in [-0.05, 0) is 79.1 Å². The Morgan fingerprint density at radius 1 is 1.07 bits per heavy atom. The van der Waals surface area contributed by atoms with E-state index in [0.717, 1.165) is 17.2 Å². The van der Waals surface area contributed by atoms with E-state index in [1.807, 2.05) is 0 Å². The summed E-state index contributed by atoms with van der Waals surface area (Å²) >= 11 is 0. The number of fused-ring (bicyclic) bond motifs is 4. The van der Waals surface area contributed by atoms with Crippen molar-refractivity contribution in [3.05, 3.63) is 93.4 Å². The molecule has 45 heavy (non-hydrogen) atoms. The monoisotopic (exact) mass is 626 g/mol. The number of pyridine rings is 1. The lowest BCUT2D eigenvalue weighted by Crippen LogP contribution is -2.50. The zero-order chi connectivity index (χ0) is 32.6. The van der Waals surface area contributed by atoms with Crippen LogP contribution in [0.5, 0.6) is 5.88 Å². The Hall–Kier alpha value is -4.15. The number of carboxylic acid groups (broad SMARTS) is 1. The van der Waals surface area contributed by atoms with Gasteiger partial charge >= 0.3 is 18.2 Å². The van der Waals surface area contributed by atoms with E-state index in [9.17, 15) is 27.9 Å². The van der Waals surface area contributed by atoms with Gasteiger partial charge in [-0.3, -0.25) is 9.69 Å². The number of benzene rings is 2. The van der Waals surface area contributed by atoms with Crippen LogP contribution in [0.3, 0.4) is 0 Å². The van der Waals surface area contributed by atoms with Gasteiger partial charge < -0.3 is 14.6 Å². The lowest BCUT2D eigenvalue weighted by molar-refractivity contribution is -0.139. The summed E-state index contributed by atoms with van der Waals surface area (Å²) in [5.74, 6) is -1.58. The maximum atomic E-state index is 15.7. The predicted molar refractivity (Wildman–Crippen MR) is 155 cm³/mol. The van der Waals surface area contributed by atoms with E-state index in [4.69, 9.17) is 9.47 Å². The molecule has 1 N–H and O–H groups in total. The number of carboxylic acids is 1. The van der Waals surface area contributed by atoms with Crippen molar-refractivity contribution in [2.75, 3.05) is 6.54 Å². The van der Waals surface area contributed by atoms with Crippen LogP contribution in [0.25, 0.3) is 0 Å². The second kappa shape index (κ2) is 10.5. The van der Waals surface area contributed by atoms with Gasteiger partial charge in [0.2, 0.25) is 5.88 Å². The fourth-order valence-corrected chi connectivity index (χ4v) is 6.99. The first-order valence-corrected chi connectivity index (χ1v) is 14.8. The molecule has 1 saturated carbocycles. The number of carbonyl (C=O) groups excluding carboxylic acids is 1. The average molecular weight is 627 g/mol. The van der Waals surface area contributed by atoms with Crippen LogP contribution in [0.2, 0.25) is 0 Å². The van der Waals surface area contributed by atoms with Gasteiger partial charge in [-0.2, -0.15) is 13.2 Å². The fourth-order valence-electron chi connectivity index (χ4n) is 6.99. The maximum absolute atomic E-state index is 15.7. The van der Waals surface area contributed by atoms with Crippen LogP contribution in [0, 0.1) is 17.7 Å². The van der Waals surface area contributed by atoms with Gasteiger partial charge in [0.05, 0.1) is 17.5 Å². The minimum Gasteiger partial charge on any atom is -0.481 e. The Morgan fingerprint density at radius 2 is 1.78 bits per heavy atom. The molecule has 238 valence electrons. The number of hydrogen-bond donors (Lipinski definition) is 1. The lowest BCUT2D eigenvalue weighted by Gasteiger charge is -2.46.